The number of thiazole rings is 1. The summed E-state index contributed by atoms with van der Waals surface area (Å²) in [5.41, 5.74) is 1.31. The van der Waals surface area contributed by atoms with Crippen LogP contribution in [0.1, 0.15) is 16.1 Å². The second-order valence-electron chi connectivity index (χ2n) is 3.76. The molecule has 0 radical (unpaired) electrons. The normalized spacial score (nSPS) is 15.9. The van der Waals surface area contributed by atoms with Gasteiger partial charge in [-0.25, -0.2) is 4.98 Å². The van der Waals surface area contributed by atoms with E-state index in [1.165, 1.54) is 16.9 Å². The largest absolute Gasteiger partial charge is 0.380 e. The van der Waals surface area contributed by atoms with Gasteiger partial charge in [0.1, 0.15) is 4.88 Å². The highest BCUT2D eigenvalue weighted by Gasteiger charge is 2.17. The zero-order valence-electron chi connectivity index (χ0n) is 9.48. The third-order valence-corrected chi connectivity index (χ3v) is 4.05. The minimum Gasteiger partial charge on any atom is -0.380 e. The summed E-state index contributed by atoms with van der Waals surface area (Å²) in [6.07, 6.45) is 3.85. The summed E-state index contributed by atoms with van der Waals surface area (Å²) >= 11 is 7.18. The lowest BCUT2D eigenvalue weighted by Crippen LogP contribution is -2.29. The van der Waals surface area contributed by atoms with Gasteiger partial charge >= 0.3 is 0 Å². The lowest BCUT2D eigenvalue weighted by molar-refractivity contribution is 0.112. The number of aldehydes is 1. The average Bonchev–Trinajstić information content (AvgIpc) is 2.72. The van der Waals surface area contributed by atoms with Crippen LogP contribution in [0.25, 0.3) is 0 Å². The SMILES string of the molecule is COCC1=CCN(c2nc(Cl)c(C=O)s2)CC1. The monoisotopic (exact) mass is 272 g/mol. The zero-order valence-corrected chi connectivity index (χ0v) is 11.1. The van der Waals surface area contributed by atoms with Gasteiger partial charge in [0.2, 0.25) is 0 Å². The number of rotatable bonds is 4. The molecule has 0 saturated carbocycles. The van der Waals surface area contributed by atoms with E-state index >= 15 is 0 Å². The Morgan fingerprint density at radius 1 is 1.71 bits per heavy atom. The molecule has 0 fully saturated rings. The van der Waals surface area contributed by atoms with E-state index in [1.807, 2.05) is 0 Å². The number of hydrogen-bond donors (Lipinski definition) is 0. The maximum Gasteiger partial charge on any atom is 0.187 e. The van der Waals surface area contributed by atoms with E-state index in [2.05, 4.69) is 16.0 Å². The van der Waals surface area contributed by atoms with E-state index in [9.17, 15) is 4.79 Å². The Morgan fingerprint density at radius 3 is 3.06 bits per heavy atom. The summed E-state index contributed by atoms with van der Waals surface area (Å²) in [6, 6.07) is 0. The van der Waals surface area contributed by atoms with E-state index in [0.717, 1.165) is 30.9 Å². The summed E-state index contributed by atoms with van der Waals surface area (Å²) in [5, 5.41) is 1.11. The molecule has 0 amide bonds. The van der Waals surface area contributed by atoms with Crippen molar-refractivity contribution in [2.24, 2.45) is 0 Å². The summed E-state index contributed by atoms with van der Waals surface area (Å²) in [5.74, 6) is 0. The van der Waals surface area contributed by atoms with Crippen molar-refractivity contribution in [2.45, 2.75) is 6.42 Å². The van der Waals surface area contributed by atoms with Crippen LogP contribution in [0.3, 0.4) is 0 Å². The average molecular weight is 273 g/mol. The molecule has 0 aliphatic carbocycles. The van der Waals surface area contributed by atoms with Crippen molar-refractivity contribution < 1.29 is 9.53 Å². The van der Waals surface area contributed by atoms with E-state index in [4.69, 9.17) is 16.3 Å². The van der Waals surface area contributed by atoms with Crippen molar-refractivity contribution in [3.8, 4) is 0 Å². The first kappa shape index (κ1) is 12.5. The molecule has 1 aliphatic heterocycles. The smallest absolute Gasteiger partial charge is 0.187 e. The summed E-state index contributed by atoms with van der Waals surface area (Å²) in [7, 11) is 1.70. The summed E-state index contributed by atoms with van der Waals surface area (Å²) in [4.78, 5) is 17.5. The minimum atomic E-state index is 0.298. The number of carbonyl (C=O) groups excluding carboxylic acids is 1. The van der Waals surface area contributed by atoms with Crippen LogP contribution in [0.4, 0.5) is 5.13 Å². The second kappa shape index (κ2) is 5.62. The zero-order chi connectivity index (χ0) is 12.3. The van der Waals surface area contributed by atoms with Gasteiger partial charge in [-0.15, -0.1) is 0 Å². The Balaban J connectivity index is 2.07. The molecule has 0 unspecified atom stereocenters. The molecule has 0 atom stereocenters. The fraction of sp³-hybridized carbons (Fsp3) is 0.455. The molecule has 0 spiro atoms. The second-order valence-corrected chi connectivity index (χ2v) is 5.13. The maximum atomic E-state index is 10.7. The van der Waals surface area contributed by atoms with Crippen LogP contribution < -0.4 is 4.90 Å². The van der Waals surface area contributed by atoms with Gasteiger partial charge in [-0.1, -0.05) is 29.0 Å². The molecule has 0 N–H and O–H groups in total. The van der Waals surface area contributed by atoms with Gasteiger partial charge < -0.3 is 9.64 Å². The predicted octanol–water partition coefficient (Wildman–Crippen LogP) is 2.39. The molecule has 0 saturated heterocycles. The van der Waals surface area contributed by atoms with Gasteiger partial charge in [0, 0.05) is 20.2 Å². The van der Waals surface area contributed by atoms with Gasteiger partial charge in [-0.3, -0.25) is 4.79 Å². The van der Waals surface area contributed by atoms with Crippen LogP contribution in [-0.4, -0.2) is 38.1 Å². The lowest BCUT2D eigenvalue weighted by atomic mass is 10.1. The van der Waals surface area contributed by atoms with Gasteiger partial charge in [0.25, 0.3) is 0 Å². The number of anilines is 1. The highest BCUT2D eigenvalue weighted by Crippen LogP contribution is 2.29. The number of nitrogens with zero attached hydrogens (tertiary/aromatic N) is 2. The van der Waals surface area contributed by atoms with Crippen molar-refractivity contribution in [1.29, 1.82) is 0 Å². The predicted molar refractivity (Wildman–Crippen MR) is 69.3 cm³/mol. The first-order valence-electron chi connectivity index (χ1n) is 5.28. The van der Waals surface area contributed by atoms with Crippen LogP contribution in [0.2, 0.25) is 5.15 Å². The molecule has 2 heterocycles. The van der Waals surface area contributed by atoms with Crippen LogP contribution in [-0.2, 0) is 4.74 Å². The first-order valence-corrected chi connectivity index (χ1v) is 6.47. The van der Waals surface area contributed by atoms with Crippen molar-refractivity contribution in [2.75, 3.05) is 31.7 Å². The van der Waals surface area contributed by atoms with Crippen molar-refractivity contribution in [3.05, 3.63) is 21.7 Å². The molecule has 2 rings (SSSR count). The van der Waals surface area contributed by atoms with Gasteiger partial charge in [0.15, 0.2) is 16.6 Å². The quantitative estimate of drug-likeness (QED) is 0.623. The number of hydrogen-bond acceptors (Lipinski definition) is 5. The van der Waals surface area contributed by atoms with Crippen LogP contribution in [0, 0.1) is 0 Å². The first-order chi connectivity index (χ1) is 8.24. The Hall–Kier alpha value is -0.910. The number of carbonyl (C=O) groups is 1. The molecular weight excluding hydrogens is 260 g/mol. The fourth-order valence-corrected chi connectivity index (χ4v) is 2.81. The molecule has 0 bridgehead atoms. The Labute approximate surface area is 109 Å². The Morgan fingerprint density at radius 2 is 2.53 bits per heavy atom. The molecule has 92 valence electrons. The molecule has 6 heteroatoms. The molecule has 1 aromatic heterocycles. The molecule has 17 heavy (non-hydrogen) atoms. The van der Waals surface area contributed by atoms with E-state index in [0.29, 0.717) is 16.6 Å². The summed E-state index contributed by atoms with van der Waals surface area (Å²) in [6.45, 7) is 2.37. The van der Waals surface area contributed by atoms with Crippen LogP contribution in [0.15, 0.2) is 11.6 Å². The van der Waals surface area contributed by atoms with Gasteiger partial charge in [0.05, 0.1) is 6.61 Å². The summed E-state index contributed by atoms with van der Waals surface area (Å²) < 4.78 is 5.10. The third-order valence-electron chi connectivity index (χ3n) is 2.61. The molecule has 1 aliphatic rings. The fourth-order valence-electron chi connectivity index (χ4n) is 1.71. The Bertz CT molecular complexity index is 445. The molecular formula is C11H13ClN2O2S. The number of methoxy groups -OCH3 is 1. The van der Waals surface area contributed by atoms with Crippen LogP contribution in [0.5, 0.6) is 0 Å². The van der Waals surface area contributed by atoms with Crippen LogP contribution >= 0.6 is 22.9 Å². The molecule has 4 nitrogen and oxygen atoms in total. The number of halogens is 1. The maximum absolute atomic E-state index is 10.7. The lowest BCUT2D eigenvalue weighted by Gasteiger charge is -2.25. The van der Waals surface area contributed by atoms with Crippen molar-refractivity contribution in [1.82, 2.24) is 4.98 Å². The van der Waals surface area contributed by atoms with Gasteiger partial charge in [-0.2, -0.15) is 0 Å². The van der Waals surface area contributed by atoms with E-state index < -0.39 is 0 Å². The van der Waals surface area contributed by atoms with Crippen molar-refractivity contribution in [3.63, 3.8) is 0 Å². The van der Waals surface area contributed by atoms with Crippen molar-refractivity contribution >= 4 is 34.4 Å². The van der Waals surface area contributed by atoms with E-state index in [1.54, 1.807) is 7.11 Å². The standard InChI is InChI=1S/C11H13ClN2O2S/c1-16-7-8-2-4-14(5-3-8)11-13-10(12)9(6-15)17-11/h2,6H,3-5,7H2,1H3. The van der Waals surface area contributed by atoms with Gasteiger partial charge in [-0.05, 0) is 12.0 Å². The number of ether oxygens (including phenoxy) is 1. The minimum absolute atomic E-state index is 0.298. The molecule has 0 aromatic carbocycles. The topological polar surface area (TPSA) is 42.4 Å². The van der Waals surface area contributed by atoms with E-state index in [-0.39, 0.29) is 0 Å². The third kappa shape index (κ3) is 2.86. The number of aromatic nitrogens is 1. The highest BCUT2D eigenvalue weighted by molar-refractivity contribution is 7.17. The Kier molecular flexibility index (Phi) is 4.15. The highest BCUT2D eigenvalue weighted by atomic mass is 35.5. The molecule has 1 aromatic rings.